The Morgan fingerprint density at radius 2 is 0.647 bits per heavy atom. The van der Waals surface area contributed by atoms with E-state index in [9.17, 15) is 10.5 Å². The van der Waals surface area contributed by atoms with Gasteiger partial charge in [0.2, 0.25) is 0 Å². The fraction of sp³-hybridized carbons (Fsp3) is 0. The van der Waals surface area contributed by atoms with Crippen LogP contribution in [0.5, 0.6) is 0 Å². The highest BCUT2D eigenvalue weighted by Crippen LogP contribution is 2.46. The van der Waals surface area contributed by atoms with Crippen LogP contribution in [0.15, 0.2) is 285 Å². The van der Waals surface area contributed by atoms with Crippen molar-refractivity contribution in [1.82, 2.24) is 23.7 Å². The van der Waals surface area contributed by atoms with E-state index < -0.39 is 0 Å². The number of para-hydroxylation sites is 5. The summed E-state index contributed by atoms with van der Waals surface area (Å²) in [6.45, 7) is 0. The molecule has 0 saturated heterocycles. The van der Waals surface area contributed by atoms with E-state index in [0.29, 0.717) is 17.0 Å². The number of aromatic nitrogens is 5. The van der Waals surface area contributed by atoms with E-state index in [2.05, 4.69) is 281 Å². The molecule has 394 valence electrons. The summed E-state index contributed by atoms with van der Waals surface area (Å²) in [7, 11) is 0. The van der Waals surface area contributed by atoms with E-state index in [4.69, 9.17) is 9.97 Å². The van der Waals surface area contributed by atoms with Crippen molar-refractivity contribution in [1.29, 1.82) is 10.5 Å². The van der Waals surface area contributed by atoms with Crippen LogP contribution in [0.3, 0.4) is 0 Å². The number of nitrogens with zero attached hydrogens (tertiary/aromatic N) is 7. The molecule has 16 rings (SSSR count). The van der Waals surface area contributed by atoms with E-state index in [0.717, 1.165) is 122 Å². The Kier molecular flexibility index (Phi) is 11.5. The summed E-state index contributed by atoms with van der Waals surface area (Å²) in [5.74, 6) is 0.592. The minimum Gasteiger partial charge on any atom is -0.309 e. The summed E-state index contributed by atoms with van der Waals surface area (Å²) in [6.07, 6.45) is 0. The van der Waals surface area contributed by atoms with Gasteiger partial charge in [-0.2, -0.15) is 10.5 Å². The molecule has 85 heavy (non-hydrogen) atoms. The van der Waals surface area contributed by atoms with Gasteiger partial charge < -0.3 is 13.7 Å². The zero-order valence-corrected chi connectivity index (χ0v) is 45.8. The molecule has 0 aliphatic heterocycles. The number of hydrogen-bond donors (Lipinski definition) is 0. The minimum atomic E-state index is 0.436. The Labute approximate surface area is 489 Å². The molecule has 7 heteroatoms. The monoisotopic (exact) mass is 1080 g/mol. The Hall–Kier alpha value is -11.9. The van der Waals surface area contributed by atoms with Gasteiger partial charge in [-0.1, -0.05) is 182 Å². The third-order valence-electron chi connectivity index (χ3n) is 16.6. The summed E-state index contributed by atoms with van der Waals surface area (Å²) in [4.78, 5) is 11.0. The average Bonchev–Trinajstić information content (AvgIpc) is 2.18. The summed E-state index contributed by atoms with van der Waals surface area (Å²) in [6, 6.07) is 105. The number of hydrogen-bond acceptors (Lipinski definition) is 4. The smallest absolute Gasteiger partial charge is 0.160 e. The van der Waals surface area contributed by atoms with Gasteiger partial charge in [0.1, 0.15) is 0 Å². The lowest BCUT2D eigenvalue weighted by Crippen LogP contribution is -2.04. The highest BCUT2D eigenvalue weighted by Gasteiger charge is 2.25. The lowest BCUT2D eigenvalue weighted by atomic mass is 9.91. The summed E-state index contributed by atoms with van der Waals surface area (Å²) >= 11 is 0. The van der Waals surface area contributed by atoms with Crippen molar-refractivity contribution in [3.05, 3.63) is 296 Å². The standard InChI is InChI=1S/C78H47N7/c79-48-50-39-51(49-80)41-57(40-50)54-37-38-76-68(44-54)65-31-11-16-36-75(65)85(76)77-66(55-23-17-25-59(42-55)83-71-32-12-7-27-61(71)62-28-8-13-33-72(62)83)45-58(78-81-69(52-19-3-1-4-20-52)47-70(82-78)53-21-5-2-6-22-53)46-67(77)56-24-18-26-60(43-56)84-73-34-14-9-29-63(73)64-30-10-15-35-74(64)84/h1-47H. The van der Waals surface area contributed by atoms with Crippen LogP contribution in [0, 0.1) is 22.7 Å². The fourth-order valence-electron chi connectivity index (χ4n) is 12.9. The SMILES string of the molecule is N#Cc1cc(C#N)cc(-c2ccc3c(c2)c2ccccc2n3-c2c(-c3cccc(-n4c5ccccc5c5ccccc54)c3)cc(-c3nc(-c4ccccc4)cc(-c4ccccc4)n3)cc2-c2cccc(-n3c4ccccc4c4ccccc43)c2)c1. The van der Waals surface area contributed by atoms with Crippen LogP contribution in [0.2, 0.25) is 0 Å². The second kappa shape index (κ2) is 20.0. The van der Waals surface area contributed by atoms with Crippen molar-refractivity contribution < 1.29 is 0 Å². The van der Waals surface area contributed by atoms with Gasteiger partial charge in [0, 0.05) is 71.5 Å². The maximum absolute atomic E-state index is 10.1. The first-order valence-corrected chi connectivity index (χ1v) is 28.4. The number of fused-ring (bicyclic) bond motifs is 9. The first-order valence-electron chi connectivity index (χ1n) is 28.4. The van der Waals surface area contributed by atoms with E-state index >= 15 is 0 Å². The molecule has 12 aromatic carbocycles. The molecule has 0 fully saturated rings. The van der Waals surface area contributed by atoms with E-state index in [1.54, 1.807) is 6.07 Å². The predicted molar refractivity (Wildman–Crippen MR) is 347 cm³/mol. The Balaban J connectivity index is 1.04. The Morgan fingerprint density at radius 1 is 0.259 bits per heavy atom. The van der Waals surface area contributed by atoms with E-state index in [-0.39, 0.29) is 0 Å². The van der Waals surface area contributed by atoms with Crippen LogP contribution in [-0.4, -0.2) is 23.7 Å². The van der Waals surface area contributed by atoms with Crippen LogP contribution in [0.25, 0.3) is 150 Å². The van der Waals surface area contributed by atoms with Crippen LogP contribution in [-0.2, 0) is 0 Å². The maximum Gasteiger partial charge on any atom is 0.160 e. The van der Waals surface area contributed by atoms with Gasteiger partial charge in [-0.05, 0) is 125 Å². The number of benzene rings is 12. The van der Waals surface area contributed by atoms with Gasteiger partial charge in [0.25, 0.3) is 0 Å². The normalized spacial score (nSPS) is 11.5. The first-order chi connectivity index (χ1) is 42.0. The largest absolute Gasteiger partial charge is 0.309 e. The van der Waals surface area contributed by atoms with Crippen LogP contribution in [0.1, 0.15) is 11.1 Å². The summed E-state index contributed by atoms with van der Waals surface area (Å²) < 4.78 is 7.20. The van der Waals surface area contributed by atoms with Crippen molar-refractivity contribution >= 4 is 65.4 Å². The molecular weight excluding hydrogens is 1030 g/mol. The molecule has 0 aliphatic rings. The second-order valence-corrected chi connectivity index (χ2v) is 21.6. The van der Waals surface area contributed by atoms with Gasteiger partial charge in [-0.3, -0.25) is 0 Å². The third-order valence-corrected chi connectivity index (χ3v) is 16.6. The van der Waals surface area contributed by atoms with Gasteiger partial charge >= 0.3 is 0 Å². The molecule has 0 saturated carbocycles. The van der Waals surface area contributed by atoms with Crippen LogP contribution in [0.4, 0.5) is 0 Å². The van der Waals surface area contributed by atoms with Crippen molar-refractivity contribution in [2.24, 2.45) is 0 Å². The molecule has 0 radical (unpaired) electrons. The molecule has 16 aromatic rings. The van der Waals surface area contributed by atoms with E-state index in [1.165, 1.54) is 21.5 Å². The Bertz CT molecular complexity index is 5080. The Morgan fingerprint density at radius 3 is 1.09 bits per heavy atom. The van der Waals surface area contributed by atoms with Gasteiger partial charge in [0.15, 0.2) is 5.82 Å². The quantitative estimate of drug-likeness (QED) is 0.144. The molecular formula is C78H47N7. The summed E-state index contributed by atoms with van der Waals surface area (Å²) in [5, 5.41) is 27.0. The van der Waals surface area contributed by atoms with Crippen LogP contribution < -0.4 is 0 Å². The second-order valence-electron chi connectivity index (χ2n) is 21.6. The van der Waals surface area contributed by atoms with Crippen molar-refractivity contribution in [2.75, 3.05) is 0 Å². The van der Waals surface area contributed by atoms with E-state index in [1.807, 2.05) is 24.3 Å². The maximum atomic E-state index is 10.1. The third kappa shape index (κ3) is 8.18. The van der Waals surface area contributed by atoms with Gasteiger partial charge in [-0.15, -0.1) is 0 Å². The van der Waals surface area contributed by atoms with Crippen molar-refractivity contribution in [3.63, 3.8) is 0 Å². The molecule has 4 heterocycles. The highest BCUT2D eigenvalue weighted by atomic mass is 15.0. The highest BCUT2D eigenvalue weighted by molar-refractivity contribution is 6.13. The molecule has 0 N–H and O–H groups in total. The molecule has 0 unspecified atom stereocenters. The number of rotatable bonds is 9. The van der Waals surface area contributed by atoms with Crippen molar-refractivity contribution in [2.45, 2.75) is 0 Å². The number of nitriles is 2. The molecule has 0 amide bonds. The minimum absolute atomic E-state index is 0.436. The molecule has 7 nitrogen and oxygen atoms in total. The lowest BCUT2D eigenvalue weighted by molar-refractivity contribution is 1.16. The topological polar surface area (TPSA) is 88.2 Å². The zero-order chi connectivity index (χ0) is 56.5. The van der Waals surface area contributed by atoms with Crippen molar-refractivity contribution in [3.8, 4) is 96.5 Å². The van der Waals surface area contributed by atoms with Crippen LogP contribution >= 0.6 is 0 Å². The van der Waals surface area contributed by atoms with Gasteiger partial charge in [-0.25, -0.2) is 9.97 Å². The summed E-state index contributed by atoms with van der Waals surface area (Å²) in [5.41, 5.74) is 20.5. The molecule has 0 atom stereocenters. The average molecular weight is 1080 g/mol. The molecule has 4 aromatic heterocycles. The van der Waals surface area contributed by atoms with Gasteiger partial charge in [0.05, 0.1) is 73.4 Å². The molecule has 0 aliphatic carbocycles. The predicted octanol–water partition coefficient (Wildman–Crippen LogP) is 19.5. The zero-order valence-electron chi connectivity index (χ0n) is 45.8. The lowest BCUT2D eigenvalue weighted by Gasteiger charge is -2.22. The first kappa shape index (κ1) is 49.0. The molecule has 0 spiro atoms. The molecule has 0 bridgehead atoms. The fourth-order valence-corrected chi connectivity index (χ4v) is 12.9.